The summed E-state index contributed by atoms with van der Waals surface area (Å²) in [5.41, 5.74) is 3.30. The molecule has 0 fully saturated rings. The first-order chi connectivity index (χ1) is 8.75. The third-order valence-corrected chi connectivity index (χ3v) is 4.06. The van der Waals surface area contributed by atoms with Crippen molar-refractivity contribution in [2.24, 2.45) is 0 Å². The maximum absolute atomic E-state index is 6.18. The highest BCUT2D eigenvalue weighted by Gasteiger charge is 2.23. The summed E-state index contributed by atoms with van der Waals surface area (Å²) in [6.45, 7) is 0. The molecular formula is C14H12Cl2N2. The summed E-state index contributed by atoms with van der Waals surface area (Å²) < 4.78 is 0. The van der Waals surface area contributed by atoms with E-state index in [4.69, 9.17) is 23.2 Å². The van der Waals surface area contributed by atoms with Gasteiger partial charge < -0.3 is 5.32 Å². The molecule has 1 aliphatic carbocycles. The van der Waals surface area contributed by atoms with Crippen molar-refractivity contribution in [1.82, 2.24) is 4.98 Å². The smallest absolute Gasteiger partial charge is 0.0823 e. The van der Waals surface area contributed by atoms with Crippen molar-refractivity contribution >= 4 is 28.9 Å². The molecule has 0 spiro atoms. The monoisotopic (exact) mass is 278 g/mol. The fraction of sp³-hybridized carbons (Fsp3) is 0.214. The number of hydrogen-bond acceptors (Lipinski definition) is 2. The largest absolute Gasteiger partial charge is 0.375 e. The standard InChI is InChI=1S/C14H12Cl2N2/c15-10-4-1-5-11(13(10)16)18-12-7-6-9-3-2-8-17-14(9)12/h1-5,8,12,18H,6-7H2. The van der Waals surface area contributed by atoms with Gasteiger partial charge in [-0.2, -0.15) is 0 Å². The lowest BCUT2D eigenvalue weighted by molar-refractivity contribution is 0.746. The van der Waals surface area contributed by atoms with E-state index in [1.165, 1.54) is 5.56 Å². The lowest BCUT2D eigenvalue weighted by Crippen LogP contribution is -2.08. The van der Waals surface area contributed by atoms with Crippen molar-refractivity contribution in [2.75, 3.05) is 5.32 Å². The summed E-state index contributed by atoms with van der Waals surface area (Å²) in [5.74, 6) is 0. The van der Waals surface area contributed by atoms with Gasteiger partial charge in [-0.05, 0) is 36.6 Å². The molecule has 1 atom stereocenters. The molecule has 1 aromatic carbocycles. The number of nitrogens with zero attached hydrogens (tertiary/aromatic N) is 1. The molecule has 1 aromatic heterocycles. The Balaban J connectivity index is 1.89. The number of anilines is 1. The molecule has 1 unspecified atom stereocenters. The number of hydrogen-bond donors (Lipinski definition) is 1. The zero-order valence-corrected chi connectivity index (χ0v) is 11.2. The fourth-order valence-corrected chi connectivity index (χ4v) is 2.71. The lowest BCUT2D eigenvalue weighted by Gasteiger charge is -2.16. The first kappa shape index (κ1) is 11.8. The second-order valence-corrected chi connectivity index (χ2v) is 5.17. The van der Waals surface area contributed by atoms with Crippen LogP contribution in [0.2, 0.25) is 10.0 Å². The highest BCUT2D eigenvalue weighted by Crippen LogP contribution is 2.36. The fourth-order valence-electron chi connectivity index (χ4n) is 2.36. The Morgan fingerprint density at radius 1 is 1.17 bits per heavy atom. The number of nitrogens with one attached hydrogen (secondary N) is 1. The molecule has 3 rings (SSSR count). The van der Waals surface area contributed by atoms with Crippen LogP contribution >= 0.6 is 23.2 Å². The zero-order chi connectivity index (χ0) is 12.5. The van der Waals surface area contributed by atoms with Gasteiger partial charge in [0.25, 0.3) is 0 Å². The number of pyridine rings is 1. The summed E-state index contributed by atoms with van der Waals surface area (Å²) in [5, 5.41) is 4.57. The maximum Gasteiger partial charge on any atom is 0.0823 e. The van der Waals surface area contributed by atoms with Gasteiger partial charge in [-0.25, -0.2) is 0 Å². The van der Waals surface area contributed by atoms with Gasteiger partial charge >= 0.3 is 0 Å². The summed E-state index contributed by atoms with van der Waals surface area (Å²) in [4.78, 5) is 4.45. The van der Waals surface area contributed by atoms with Crippen LogP contribution in [0.3, 0.4) is 0 Å². The SMILES string of the molecule is Clc1cccc(NC2CCc3cccnc32)c1Cl. The lowest BCUT2D eigenvalue weighted by atomic mass is 10.2. The van der Waals surface area contributed by atoms with Crippen molar-refractivity contribution in [3.8, 4) is 0 Å². The van der Waals surface area contributed by atoms with Crippen molar-refractivity contribution in [1.29, 1.82) is 0 Å². The molecule has 0 amide bonds. The van der Waals surface area contributed by atoms with Gasteiger partial charge in [0.05, 0.1) is 27.5 Å². The van der Waals surface area contributed by atoms with Crippen LogP contribution in [0, 0.1) is 0 Å². The van der Waals surface area contributed by atoms with E-state index in [1.54, 1.807) is 6.07 Å². The topological polar surface area (TPSA) is 24.9 Å². The van der Waals surface area contributed by atoms with E-state index in [0.717, 1.165) is 24.2 Å². The average Bonchev–Trinajstić information content (AvgIpc) is 2.79. The quantitative estimate of drug-likeness (QED) is 0.876. The van der Waals surface area contributed by atoms with E-state index in [0.29, 0.717) is 10.0 Å². The van der Waals surface area contributed by atoms with Gasteiger partial charge in [0.1, 0.15) is 0 Å². The highest BCUT2D eigenvalue weighted by atomic mass is 35.5. The number of aromatic nitrogens is 1. The Bertz CT molecular complexity index is 584. The highest BCUT2D eigenvalue weighted by molar-refractivity contribution is 6.43. The first-order valence-electron chi connectivity index (χ1n) is 5.90. The maximum atomic E-state index is 6.18. The molecule has 2 aromatic rings. The van der Waals surface area contributed by atoms with E-state index in [-0.39, 0.29) is 6.04 Å². The van der Waals surface area contributed by atoms with Crippen molar-refractivity contribution in [2.45, 2.75) is 18.9 Å². The molecular weight excluding hydrogens is 267 g/mol. The third kappa shape index (κ3) is 2.06. The third-order valence-electron chi connectivity index (χ3n) is 3.24. The minimum Gasteiger partial charge on any atom is -0.375 e. The van der Waals surface area contributed by atoms with Gasteiger partial charge in [-0.1, -0.05) is 35.3 Å². The Morgan fingerprint density at radius 3 is 2.94 bits per heavy atom. The van der Waals surface area contributed by atoms with Crippen molar-refractivity contribution < 1.29 is 0 Å². The molecule has 2 nitrogen and oxygen atoms in total. The molecule has 4 heteroatoms. The first-order valence-corrected chi connectivity index (χ1v) is 6.65. The van der Waals surface area contributed by atoms with Crippen LogP contribution in [-0.2, 0) is 6.42 Å². The van der Waals surface area contributed by atoms with Crippen LogP contribution in [0.4, 0.5) is 5.69 Å². The minimum atomic E-state index is 0.220. The van der Waals surface area contributed by atoms with Gasteiger partial charge in [0.15, 0.2) is 0 Å². The van der Waals surface area contributed by atoms with Crippen LogP contribution in [0.25, 0.3) is 0 Å². The van der Waals surface area contributed by atoms with E-state index in [9.17, 15) is 0 Å². The Morgan fingerprint density at radius 2 is 2.06 bits per heavy atom. The molecule has 0 aliphatic heterocycles. The Hall–Kier alpha value is -1.25. The van der Waals surface area contributed by atoms with Gasteiger partial charge in [-0.15, -0.1) is 0 Å². The zero-order valence-electron chi connectivity index (χ0n) is 9.66. The van der Waals surface area contributed by atoms with Crippen LogP contribution < -0.4 is 5.32 Å². The second-order valence-electron chi connectivity index (χ2n) is 4.38. The number of fused-ring (bicyclic) bond motifs is 1. The summed E-state index contributed by atoms with van der Waals surface area (Å²) in [7, 11) is 0. The Kier molecular flexibility index (Phi) is 3.14. The summed E-state index contributed by atoms with van der Waals surface area (Å²) in [6, 6.07) is 9.95. The Labute approximate surface area is 116 Å². The average molecular weight is 279 g/mol. The van der Waals surface area contributed by atoms with Crippen LogP contribution in [0.15, 0.2) is 36.5 Å². The molecule has 1 heterocycles. The minimum absolute atomic E-state index is 0.220. The predicted molar refractivity (Wildman–Crippen MR) is 75.4 cm³/mol. The van der Waals surface area contributed by atoms with Crippen molar-refractivity contribution in [3.63, 3.8) is 0 Å². The molecule has 92 valence electrons. The normalized spacial score (nSPS) is 17.6. The van der Waals surface area contributed by atoms with Crippen LogP contribution in [0.1, 0.15) is 23.7 Å². The summed E-state index contributed by atoms with van der Waals surface area (Å²) >= 11 is 12.2. The van der Waals surface area contributed by atoms with E-state index >= 15 is 0 Å². The molecule has 1 aliphatic rings. The predicted octanol–water partition coefficient (Wildman–Crippen LogP) is 4.49. The molecule has 0 saturated heterocycles. The summed E-state index contributed by atoms with van der Waals surface area (Å²) in [6.07, 6.45) is 3.92. The van der Waals surface area contributed by atoms with Gasteiger partial charge in [-0.3, -0.25) is 4.98 Å². The van der Waals surface area contributed by atoms with Gasteiger partial charge in [0.2, 0.25) is 0 Å². The van der Waals surface area contributed by atoms with E-state index in [1.807, 2.05) is 24.4 Å². The van der Waals surface area contributed by atoms with Crippen LogP contribution in [0.5, 0.6) is 0 Å². The second kappa shape index (κ2) is 4.79. The number of aryl methyl sites for hydroxylation is 1. The van der Waals surface area contributed by atoms with E-state index in [2.05, 4.69) is 16.4 Å². The number of rotatable bonds is 2. The van der Waals surface area contributed by atoms with Gasteiger partial charge in [0, 0.05) is 6.20 Å². The molecule has 1 N–H and O–H groups in total. The molecule has 18 heavy (non-hydrogen) atoms. The van der Waals surface area contributed by atoms with Crippen LogP contribution in [-0.4, -0.2) is 4.98 Å². The van der Waals surface area contributed by atoms with Crippen molar-refractivity contribution in [3.05, 3.63) is 57.8 Å². The number of halogens is 2. The molecule has 0 saturated carbocycles. The molecule has 0 bridgehead atoms. The number of benzene rings is 1. The van der Waals surface area contributed by atoms with E-state index < -0.39 is 0 Å². The molecule has 0 radical (unpaired) electrons.